The van der Waals surface area contributed by atoms with Crippen LogP contribution in [0, 0.1) is 0 Å². The predicted molar refractivity (Wildman–Crippen MR) is 136 cm³/mol. The normalized spacial score (nSPS) is 12.0. The topological polar surface area (TPSA) is 114 Å². The summed E-state index contributed by atoms with van der Waals surface area (Å²) in [7, 11) is -3.68. The van der Waals surface area contributed by atoms with E-state index in [1.54, 1.807) is 57.2 Å². The number of benzene rings is 2. The third kappa shape index (κ3) is 9.78. The molecule has 0 heterocycles. The number of hydrazone groups is 1. The fourth-order valence-electron chi connectivity index (χ4n) is 2.93. The molecule has 0 fully saturated rings. The molecule has 9 nitrogen and oxygen atoms in total. The Morgan fingerprint density at radius 2 is 1.66 bits per heavy atom. The molecule has 0 aliphatic heterocycles. The molecule has 0 saturated heterocycles. The molecule has 1 N–H and O–H groups in total. The summed E-state index contributed by atoms with van der Waals surface area (Å²) >= 11 is 0. The van der Waals surface area contributed by atoms with Gasteiger partial charge in [0.05, 0.1) is 18.2 Å². The standard InChI is InChI=1S/C25H33N3O6S/c1-18(2)20-9-11-21(12-10-20)28(35(6,31)32)16-23(29)27-26-15-19-7-13-22(14-8-19)33-17-24(30)34-25(3,4)5/h7-15,18H,16-17H2,1-6H3,(H,27,29)/b26-15-. The van der Waals surface area contributed by atoms with E-state index >= 15 is 0 Å². The zero-order chi connectivity index (χ0) is 26.2. The summed E-state index contributed by atoms with van der Waals surface area (Å²) in [6.07, 6.45) is 2.46. The van der Waals surface area contributed by atoms with Gasteiger partial charge in [0, 0.05) is 0 Å². The van der Waals surface area contributed by atoms with Gasteiger partial charge in [0.2, 0.25) is 10.0 Å². The van der Waals surface area contributed by atoms with E-state index in [2.05, 4.69) is 10.5 Å². The molecule has 2 aromatic carbocycles. The Morgan fingerprint density at radius 1 is 1.06 bits per heavy atom. The van der Waals surface area contributed by atoms with Gasteiger partial charge in [0.15, 0.2) is 6.61 Å². The third-order valence-corrected chi connectivity index (χ3v) is 5.74. The Hall–Kier alpha value is -3.40. The predicted octanol–water partition coefficient (Wildman–Crippen LogP) is 3.45. The fourth-order valence-corrected chi connectivity index (χ4v) is 3.79. The van der Waals surface area contributed by atoms with E-state index in [0.717, 1.165) is 16.1 Å². The number of hydrogen-bond donors (Lipinski definition) is 1. The minimum atomic E-state index is -3.68. The van der Waals surface area contributed by atoms with Crippen molar-refractivity contribution in [2.45, 2.75) is 46.1 Å². The molecule has 0 spiro atoms. The lowest BCUT2D eigenvalue weighted by Crippen LogP contribution is -2.39. The van der Waals surface area contributed by atoms with E-state index in [9.17, 15) is 18.0 Å². The van der Waals surface area contributed by atoms with Gasteiger partial charge in [-0.2, -0.15) is 5.10 Å². The maximum Gasteiger partial charge on any atom is 0.344 e. The van der Waals surface area contributed by atoms with Crippen LogP contribution >= 0.6 is 0 Å². The number of esters is 1. The van der Waals surface area contributed by atoms with Crippen LogP contribution in [0.25, 0.3) is 0 Å². The first kappa shape index (κ1) is 27.8. The SMILES string of the molecule is CC(C)c1ccc(N(CC(=O)N/N=C\c2ccc(OCC(=O)OC(C)(C)C)cc2)S(C)(=O)=O)cc1. The van der Waals surface area contributed by atoms with Crippen LogP contribution in [0.3, 0.4) is 0 Å². The molecule has 0 unspecified atom stereocenters. The second kappa shape index (κ2) is 11.8. The Kier molecular flexibility index (Phi) is 9.41. The first-order valence-corrected chi connectivity index (χ1v) is 12.9. The van der Waals surface area contributed by atoms with Crippen LogP contribution < -0.4 is 14.5 Å². The Balaban J connectivity index is 1.92. The molecule has 0 aromatic heterocycles. The van der Waals surface area contributed by atoms with Gasteiger partial charge in [0.1, 0.15) is 17.9 Å². The number of nitrogens with one attached hydrogen (secondary N) is 1. The number of rotatable bonds is 10. The van der Waals surface area contributed by atoms with Crippen molar-refractivity contribution in [3.8, 4) is 5.75 Å². The van der Waals surface area contributed by atoms with Crippen LogP contribution in [-0.4, -0.2) is 51.5 Å². The number of carbonyl (C=O) groups is 2. The Morgan fingerprint density at radius 3 is 2.17 bits per heavy atom. The smallest absolute Gasteiger partial charge is 0.344 e. The molecule has 2 rings (SSSR count). The van der Waals surface area contributed by atoms with Crippen molar-refractivity contribution in [3.05, 3.63) is 59.7 Å². The minimum Gasteiger partial charge on any atom is -0.482 e. The van der Waals surface area contributed by atoms with Crippen LogP contribution in [0.4, 0.5) is 5.69 Å². The lowest BCUT2D eigenvalue weighted by molar-refractivity contribution is -0.157. The van der Waals surface area contributed by atoms with Crippen molar-refractivity contribution < 1.29 is 27.5 Å². The van der Waals surface area contributed by atoms with Crippen molar-refractivity contribution >= 4 is 33.8 Å². The summed E-state index contributed by atoms with van der Waals surface area (Å²) < 4.78 is 36.1. The Bertz CT molecular complexity index is 1140. The van der Waals surface area contributed by atoms with Crippen LogP contribution in [0.1, 0.15) is 51.7 Å². The largest absolute Gasteiger partial charge is 0.482 e. The summed E-state index contributed by atoms with van der Waals surface area (Å²) in [6.45, 7) is 8.80. The number of sulfonamides is 1. The second-order valence-corrected chi connectivity index (χ2v) is 11.2. The van der Waals surface area contributed by atoms with E-state index in [1.165, 1.54) is 6.21 Å². The molecule has 0 aliphatic rings. The van der Waals surface area contributed by atoms with Gasteiger partial charge < -0.3 is 9.47 Å². The van der Waals surface area contributed by atoms with E-state index in [-0.39, 0.29) is 6.61 Å². The van der Waals surface area contributed by atoms with Gasteiger partial charge in [-0.3, -0.25) is 9.10 Å². The van der Waals surface area contributed by atoms with Gasteiger partial charge in [0.25, 0.3) is 5.91 Å². The van der Waals surface area contributed by atoms with Gasteiger partial charge in [-0.05, 0) is 74.2 Å². The van der Waals surface area contributed by atoms with Crippen molar-refractivity contribution in [3.63, 3.8) is 0 Å². The van der Waals surface area contributed by atoms with E-state index < -0.39 is 34.0 Å². The van der Waals surface area contributed by atoms with Crippen molar-refractivity contribution in [1.29, 1.82) is 0 Å². The van der Waals surface area contributed by atoms with Crippen molar-refractivity contribution in [2.24, 2.45) is 5.10 Å². The highest BCUT2D eigenvalue weighted by Gasteiger charge is 2.21. The highest BCUT2D eigenvalue weighted by atomic mass is 32.2. The zero-order valence-electron chi connectivity index (χ0n) is 20.9. The van der Waals surface area contributed by atoms with Crippen LogP contribution in [0.5, 0.6) is 5.75 Å². The molecule has 1 amide bonds. The molecule has 10 heteroatoms. The van der Waals surface area contributed by atoms with Gasteiger partial charge in [-0.25, -0.2) is 18.6 Å². The first-order valence-electron chi connectivity index (χ1n) is 11.1. The molecule has 0 saturated carbocycles. The zero-order valence-corrected chi connectivity index (χ0v) is 21.8. The molecular formula is C25H33N3O6S. The monoisotopic (exact) mass is 503 g/mol. The average Bonchev–Trinajstić information content (AvgIpc) is 2.75. The van der Waals surface area contributed by atoms with Gasteiger partial charge in [-0.1, -0.05) is 26.0 Å². The van der Waals surface area contributed by atoms with Crippen LogP contribution in [0.2, 0.25) is 0 Å². The number of hydrogen-bond acceptors (Lipinski definition) is 7. The number of carbonyl (C=O) groups excluding carboxylic acids is 2. The molecule has 0 radical (unpaired) electrons. The third-order valence-electron chi connectivity index (χ3n) is 4.59. The molecular weight excluding hydrogens is 470 g/mol. The Labute approximate surface area is 207 Å². The molecule has 0 atom stereocenters. The summed E-state index contributed by atoms with van der Waals surface area (Å²) in [4.78, 5) is 24.1. The fraction of sp³-hybridized carbons (Fsp3) is 0.400. The van der Waals surface area contributed by atoms with E-state index in [0.29, 0.717) is 22.9 Å². The number of ether oxygens (including phenoxy) is 2. The minimum absolute atomic E-state index is 0.211. The second-order valence-electron chi connectivity index (χ2n) is 9.25. The molecule has 35 heavy (non-hydrogen) atoms. The lowest BCUT2D eigenvalue weighted by atomic mass is 10.0. The maximum atomic E-state index is 12.3. The number of nitrogens with zero attached hydrogens (tertiary/aromatic N) is 2. The van der Waals surface area contributed by atoms with Gasteiger partial charge in [-0.15, -0.1) is 0 Å². The molecule has 2 aromatic rings. The summed E-state index contributed by atoms with van der Waals surface area (Å²) in [6, 6.07) is 13.7. The molecule has 0 bridgehead atoms. The van der Waals surface area contributed by atoms with Crippen LogP contribution in [-0.2, 0) is 24.3 Å². The lowest BCUT2D eigenvalue weighted by Gasteiger charge is -2.21. The maximum absolute atomic E-state index is 12.3. The number of anilines is 1. The summed E-state index contributed by atoms with van der Waals surface area (Å²) in [5.41, 5.74) is 3.89. The highest BCUT2D eigenvalue weighted by Crippen LogP contribution is 2.22. The molecule has 190 valence electrons. The average molecular weight is 504 g/mol. The van der Waals surface area contributed by atoms with Crippen molar-refractivity contribution in [2.75, 3.05) is 23.7 Å². The van der Waals surface area contributed by atoms with Crippen LogP contribution in [0.15, 0.2) is 53.6 Å². The van der Waals surface area contributed by atoms with Crippen molar-refractivity contribution in [1.82, 2.24) is 5.43 Å². The number of amides is 1. The quantitative estimate of drug-likeness (QED) is 0.302. The molecule has 0 aliphatic carbocycles. The highest BCUT2D eigenvalue weighted by molar-refractivity contribution is 7.92. The first-order chi connectivity index (χ1) is 16.2. The summed E-state index contributed by atoms with van der Waals surface area (Å²) in [5.74, 6) is -0.273. The summed E-state index contributed by atoms with van der Waals surface area (Å²) in [5, 5.41) is 3.89. The van der Waals surface area contributed by atoms with Gasteiger partial charge >= 0.3 is 5.97 Å². The van der Waals surface area contributed by atoms with E-state index in [1.807, 2.05) is 26.0 Å². The van der Waals surface area contributed by atoms with E-state index in [4.69, 9.17) is 9.47 Å².